The molecule has 0 saturated heterocycles. The van der Waals surface area contributed by atoms with E-state index in [1.54, 1.807) is 6.07 Å². The summed E-state index contributed by atoms with van der Waals surface area (Å²) in [6.07, 6.45) is 1.58. The molecule has 0 aliphatic carbocycles. The highest BCUT2D eigenvalue weighted by Crippen LogP contribution is 2.00. The summed E-state index contributed by atoms with van der Waals surface area (Å²) >= 11 is 0. The smallest absolute Gasteiger partial charge is 0.303 e. The molecular formula is C12H19N3O5. The number of carbonyl (C=O) groups is 2. The van der Waals surface area contributed by atoms with Gasteiger partial charge in [0.15, 0.2) is 0 Å². The fraction of sp³-hybridized carbons (Fsp3) is 0.583. The van der Waals surface area contributed by atoms with Crippen molar-refractivity contribution in [3.05, 3.63) is 11.8 Å². The maximum absolute atomic E-state index is 11.9. The Bertz CT molecular complexity index is 383. The summed E-state index contributed by atoms with van der Waals surface area (Å²) in [5.41, 5.74) is -0.165. The van der Waals surface area contributed by atoms with E-state index in [1.807, 2.05) is 0 Å². The lowest BCUT2D eigenvalue weighted by molar-refractivity contribution is -0.137. The van der Waals surface area contributed by atoms with Crippen molar-refractivity contribution in [2.75, 3.05) is 32.8 Å². The Morgan fingerprint density at radius 3 is 2.30 bits per heavy atom. The maximum atomic E-state index is 11.9. The molecule has 112 valence electrons. The Kier molecular flexibility index (Phi) is 9.64. The molecular weight excluding hydrogens is 266 g/mol. The number of nitriles is 1. The van der Waals surface area contributed by atoms with Crippen LogP contribution in [0.15, 0.2) is 11.8 Å². The SMILES string of the molecule is N#C/C(=C/NCCCC(=O)O)C(=O)N(CCO)CCO. The van der Waals surface area contributed by atoms with Gasteiger partial charge in [0, 0.05) is 32.3 Å². The molecule has 0 rings (SSSR count). The third kappa shape index (κ3) is 7.35. The van der Waals surface area contributed by atoms with E-state index in [4.69, 9.17) is 20.6 Å². The Morgan fingerprint density at radius 1 is 1.25 bits per heavy atom. The second kappa shape index (κ2) is 10.8. The Morgan fingerprint density at radius 2 is 1.85 bits per heavy atom. The van der Waals surface area contributed by atoms with Crippen LogP contribution in [0, 0.1) is 11.3 Å². The first kappa shape index (κ1) is 17.9. The van der Waals surface area contributed by atoms with Gasteiger partial charge < -0.3 is 25.5 Å². The normalized spacial score (nSPS) is 10.8. The van der Waals surface area contributed by atoms with Crippen LogP contribution in [-0.4, -0.2) is 64.9 Å². The minimum atomic E-state index is -0.913. The predicted molar refractivity (Wildman–Crippen MR) is 69.3 cm³/mol. The zero-order valence-electron chi connectivity index (χ0n) is 11.1. The van der Waals surface area contributed by atoms with E-state index in [2.05, 4.69) is 5.32 Å². The molecule has 0 atom stereocenters. The molecule has 20 heavy (non-hydrogen) atoms. The number of aliphatic hydroxyl groups excluding tert-OH is 2. The third-order valence-electron chi connectivity index (χ3n) is 2.34. The van der Waals surface area contributed by atoms with Crippen molar-refractivity contribution in [1.29, 1.82) is 5.26 Å². The highest BCUT2D eigenvalue weighted by Gasteiger charge is 2.17. The first-order chi connectivity index (χ1) is 9.56. The van der Waals surface area contributed by atoms with E-state index < -0.39 is 11.9 Å². The van der Waals surface area contributed by atoms with Gasteiger partial charge in [-0.15, -0.1) is 0 Å². The predicted octanol–water partition coefficient (Wildman–Crippen LogP) is -1.34. The molecule has 0 heterocycles. The van der Waals surface area contributed by atoms with Crippen LogP contribution >= 0.6 is 0 Å². The lowest BCUT2D eigenvalue weighted by Crippen LogP contribution is -2.37. The molecule has 0 aromatic heterocycles. The zero-order chi connectivity index (χ0) is 15.4. The second-order valence-electron chi connectivity index (χ2n) is 3.86. The van der Waals surface area contributed by atoms with Gasteiger partial charge in [0.25, 0.3) is 5.91 Å². The minimum absolute atomic E-state index is 0.00216. The number of nitrogens with one attached hydrogen (secondary N) is 1. The number of aliphatic hydroxyl groups is 2. The van der Waals surface area contributed by atoms with Gasteiger partial charge in [-0.3, -0.25) is 9.59 Å². The number of hydrogen-bond acceptors (Lipinski definition) is 6. The fourth-order valence-corrected chi connectivity index (χ4v) is 1.38. The topological polar surface area (TPSA) is 134 Å². The molecule has 0 saturated carbocycles. The van der Waals surface area contributed by atoms with Crippen LogP contribution < -0.4 is 5.32 Å². The third-order valence-corrected chi connectivity index (χ3v) is 2.34. The summed E-state index contributed by atoms with van der Waals surface area (Å²) < 4.78 is 0. The summed E-state index contributed by atoms with van der Waals surface area (Å²) in [4.78, 5) is 23.4. The number of carboxylic acids is 1. The molecule has 0 aliphatic heterocycles. The standard InChI is InChI=1S/C12H19N3O5/c13-8-10(9-14-3-1-2-11(18)19)12(20)15(4-6-16)5-7-17/h9,14,16-17H,1-7H2,(H,18,19)/b10-9-. The minimum Gasteiger partial charge on any atom is -0.481 e. The molecule has 0 spiro atoms. The van der Waals surface area contributed by atoms with Crippen LogP contribution in [0.2, 0.25) is 0 Å². The number of hydrogen-bond donors (Lipinski definition) is 4. The van der Waals surface area contributed by atoms with Gasteiger partial charge in [-0.25, -0.2) is 0 Å². The summed E-state index contributed by atoms with van der Waals surface area (Å²) in [7, 11) is 0. The number of nitrogens with zero attached hydrogens (tertiary/aromatic N) is 2. The van der Waals surface area contributed by atoms with Gasteiger partial charge in [0.05, 0.1) is 13.2 Å². The number of aliphatic carboxylic acids is 1. The average molecular weight is 285 g/mol. The summed E-state index contributed by atoms with van der Waals surface area (Å²) in [5, 5.41) is 37.7. The molecule has 1 amide bonds. The van der Waals surface area contributed by atoms with E-state index in [-0.39, 0.29) is 38.3 Å². The molecule has 0 fully saturated rings. The second-order valence-corrected chi connectivity index (χ2v) is 3.86. The molecule has 0 bridgehead atoms. The Labute approximate surface area is 116 Å². The van der Waals surface area contributed by atoms with E-state index in [0.717, 1.165) is 4.90 Å². The van der Waals surface area contributed by atoms with Crippen molar-refractivity contribution in [3.63, 3.8) is 0 Å². The van der Waals surface area contributed by atoms with Crippen molar-refractivity contribution in [2.45, 2.75) is 12.8 Å². The highest BCUT2D eigenvalue weighted by molar-refractivity contribution is 5.97. The van der Waals surface area contributed by atoms with Gasteiger partial charge >= 0.3 is 5.97 Å². The lowest BCUT2D eigenvalue weighted by atomic mass is 10.2. The number of amides is 1. The zero-order valence-corrected chi connectivity index (χ0v) is 11.1. The van der Waals surface area contributed by atoms with Gasteiger partial charge in [-0.1, -0.05) is 0 Å². The quantitative estimate of drug-likeness (QED) is 0.222. The van der Waals surface area contributed by atoms with Crippen molar-refractivity contribution >= 4 is 11.9 Å². The molecule has 4 N–H and O–H groups in total. The van der Waals surface area contributed by atoms with Gasteiger partial charge in [-0.2, -0.15) is 5.26 Å². The van der Waals surface area contributed by atoms with E-state index in [0.29, 0.717) is 13.0 Å². The summed E-state index contributed by atoms with van der Waals surface area (Å²) in [5.74, 6) is -1.51. The molecule has 0 aromatic rings. The number of carbonyl (C=O) groups excluding carboxylic acids is 1. The van der Waals surface area contributed by atoms with Gasteiger partial charge in [0.2, 0.25) is 0 Å². The molecule has 0 radical (unpaired) electrons. The summed E-state index contributed by atoms with van der Waals surface area (Å²) in [6.45, 7) is -0.160. The van der Waals surface area contributed by atoms with Gasteiger partial charge in [-0.05, 0) is 6.42 Å². The average Bonchev–Trinajstić information content (AvgIpc) is 2.41. The van der Waals surface area contributed by atoms with Crippen LogP contribution in [0.3, 0.4) is 0 Å². The van der Waals surface area contributed by atoms with Crippen LogP contribution in [0.1, 0.15) is 12.8 Å². The Hall–Kier alpha value is -2.11. The summed E-state index contributed by atoms with van der Waals surface area (Å²) in [6, 6.07) is 1.73. The molecule has 0 unspecified atom stereocenters. The molecule has 8 nitrogen and oxygen atoms in total. The largest absolute Gasteiger partial charge is 0.481 e. The van der Waals surface area contributed by atoms with Crippen molar-refractivity contribution < 1.29 is 24.9 Å². The highest BCUT2D eigenvalue weighted by atomic mass is 16.4. The Balaban J connectivity index is 4.44. The molecule has 8 heteroatoms. The molecule has 0 aliphatic rings. The number of rotatable bonds is 10. The van der Waals surface area contributed by atoms with Crippen LogP contribution in [0.25, 0.3) is 0 Å². The van der Waals surface area contributed by atoms with Crippen molar-refractivity contribution in [3.8, 4) is 6.07 Å². The van der Waals surface area contributed by atoms with Crippen molar-refractivity contribution in [2.24, 2.45) is 0 Å². The monoisotopic (exact) mass is 285 g/mol. The number of carboxylic acid groups (broad SMARTS) is 1. The van der Waals surface area contributed by atoms with Crippen LogP contribution in [0.4, 0.5) is 0 Å². The van der Waals surface area contributed by atoms with Crippen LogP contribution in [0.5, 0.6) is 0 Å². The first-order valence-corrected chi connectivity index (χ1v) is 6.13. The maximum Gasteiger partial charge on any atom is 0.303 e. The van der Waals surface area contributed by atoms with Crippen molar-refractivity contribution in [1.82, 2.24) is 10.2 Å². The first-order valence-electron chi connectivity index (χ1n) is 6.13. The van der Waals surface area contributed by atoms with E-state index >= 15 is 0 Å². The molecule has 0 aromatic carbocycles. The lowest BCUT2D eigenvalue weighted by Gasteiger charge is -2.19. The van der Waals surface area contributed by atoms with Crippen LogP contribution in [-0.2, 0) is 9.59 Å². The fourth-order valence-electron chi connectivity index (χ4n) is 1.38. The van der Waals surface area contributed by atoms with Gasteiger partial charge in [0.1, 0.15) is 11.6 Å². The van der Waals surface area contributed by atoms with E-state index in [9.17, 15) is 9.59 Å². The van der Waals surface area contributed by atoms with E-state index in [1.165, 1.54) is 6.20 Å².